The molecule has 1 aromatic heterocycles. The first kappa shape index (κ1) is 18.7. The number of aromatic nitrogens is 2. The van der Waals surface area contributed by atoms with Crippen LogP contribution in [0.25, 0.3) is 0 Å². The molecule has 2 aliphatic rings. The quantitative estimate of drug-likeness (QED) is 0.867. The van der Waals surface area contributed by atoms with Crippen molar-refractivity contribution in [3.8, 4) is 0 Å². The fraction of sp³-hybridized carbons (Fsp3) is 0.500. The zero-order valence-corrected chi connectivity index (χ0v) is 16.8. The van der Waals surface area contributed by atoms with Gasteiger partial charge in [-0.15, -0.1) is 0 Å². The van der Waals surface area contributed by atoms with E-state index in [0.717, 1.165) is 30.6 Å². The van der Waals surface area contributed by atoms with E-state index in [9.17, 15) is 9.59 Å². The molecule has 2 heterocycles. The molecule has 2 fully saturated rings. The number of nitrogens with zero attached hydrogens (tertiary/aromatic N) is 3. The van der Waals surface area contributed by atoms with Crippen LogP contribution < -0.4 is 5.32 Å². The third-order valence-electron chi connectivity index (χ3n) is 5.89. The molecular weight excluding hydrogens is 352 g/mol. The summed E-state index contributed by atoms with van der Waals surface area (Å²) in [6.07, 6.45) is 1.95. The summed E-state index contributed by atoms with van der Waals surface area (Å²) in [5.41, 5.74) is 3.83. The van der Waals surface area contributed by atoms with Gasteiger partial charge in [-0.2, -0.15) is 5.10 Å². The van der Waals surface area contributed by atoms with E-state index in [2.05, 4.69) is 41.6 Å². The number of carbonyl (C=O) groups is 2. The Morgan fingerprint density at radius 2 is 1.86 bits per heavy atom. The summed E-state index contributed by atoms with van der Waals surface area (Å²) in [5.74, 6) is 0.325. The van der Waals surface area contributed by atoms with Gasteiger partial charge in [0.05, 0.1) is 6.04 Å². The van der Waals surface area contributed by atoms with Crippen LogP contribution in [-0.2, 0) is 11.3 Å². The molecule has 1 aliphatic carbocycles. The standard InChI is InChI=1S/C22H28N4O2/c1-4-26-15(3)11-19(24-26)22(28)25-12-18(16-7-5-14(2)6-8-16)20(13-25)23-21(27)17-9-10-17/h5-8,11,17-18,20H,4,9-10,12-13H2,1-3H3,(H,23,27). The van der Waals surface area contributed by atoms with Gasteiger partial charge >= 0.3 is 0 Å². The van der Waals surface area contributed by atoms with Gasteiger partial charge in [-0.3, -0.25) is 14.3 Å². The van der Waals surface area contributed by atoms with Gasteiger partial charge in [0.2, 0.25) is 5.91 Å². The van der Waals surface area contributed by atoms with Gasteiger partial charge in [-0.25, -0.2) is 0 Å². The lowest BCUT2D eigenvalue weighted by atomic mass is 9.93. The van der Waals surface area contributed by atoms with Crippen LogP contribution in [0.5, 0.6) is 0 Å². The minimum atomic E-state index is -0.0610. The van der Waals surface area contributed by atoms with Crippen molar-refractivity contribution in [2.45, 2.75) is 52.1 Å². The molecule has 2 unspecified atom stereocenters. The van der Waals surface area contributed by atoms with Crippen LogP contribution >= 0.6 is 0 Å². The van der Waals surface area contributed by atoms with E-state index in [1.807, 2.05) is 29.5 Å². The Bertz CT molecular complexity index is 882. The SMILES string of the molecule is CCn1nc(C(=O)N2CC(NC(=O)C3CC3)C(c3ccc(C)cc3)C2)cc1C. The van der Waals surface area contributed by atoms with E-state index in [0.29, 0.717) is 18.8 Å². The normalized spacial score (nSPS) is 21.8. The predicted molar refractivity (Wildman–Crippen MR) is 107 cm³/mol. The molecule has 1 aliphatic heterocycles. The van der Waals surface area contributed by atoms with Gasteiger partial charge in [0, 0.05) is 37.2 Å². The first-order chi connectivity index (χ1) is 13.5. The highest BCUT2D eigenvalue weighted by molar-refractivity contribution is 5.93. The van der Waals surface area contributed by atoms with Crippen molar-refractivity contribution in [2.24, 2.45) is 5.92 Å². The first-order valence-electron chi connectivity index (χ1n) is 10.2. The second-order valence-electron chi connectivity index (χ2n) is 8.10. The van der Waals surface area contributed by atoms with Crippen LogP contribution in [-0.4, -0.2) is 45.6 Å². The molecule has 1 saturated heterocycles. The molecule has 0 spiro atoms. The third-order valence-corrected chi connectivity index (χ3v) is 5.89. The monoisotopic (exact) mass is 380 g/mol. The van der Waals surface area contributed by atoms with Crippen molar-refractivity contribution in [1.29, 1.82) is 0 Å². The molecule has 6 heteroatoms. The number of benzene rings is 1. The summed E-state index contributed by atoms with van der Waals surface area (Å²) in [6.45, 7) is 7.90. The lowest BCUT2D eigenvalue weighted by Crippen LogP contribution is -2.41. The molecule has 1 saturated carbocycles. The maximum absolute atomic E-state index is 13.1. The number of amides is 2. The van der Waals surface area contributed by atoms with E-state index in [4.69, 9.17) is 0 Å². The summed E-state index contributed by atoms with van der Waals surface area (Å²) >= 11 is 0. The number of hydrogen-bond acceptors (Lipinski definition) is 3. The van der Waals surface area contributed by atoms with E-state index in [1.165, 1.54) is 5.56 Å². The molecule has 0 bridgehead atoms. The van der Waals surface area contributed by atoms with Crippen molar-refractivity contribution < 1.29 is 9.59 Å². The van der Waals surface area contributed by atoms with Crippen molar-refractivity contribution in [2.75, 3.05) is 13.1 Å². The van der Waals surface area contributed by atoms with E-state index >= 15 is 0 Å². The number of likely N-dealkylation sites (tertiary alicyclic amines) is 1. The lowest BCUT2D eigenvalue weighted by molar-refractivity contribution is -0.123. The second kappa shape index (κ2) is 7.41. The fourth-order valence-electron chi connectivity index (χ4n) is 4.01. The number of carbonyl (C=O) groups excluding carboxylic acids is 2. The zero-order valence-electron chi connectivity index (χ0n) is 16.8. The Kier molecular flexibility index (Phi) is 4.96. The van der Waals surface area contributed by atoms with Gasteiger partial charge in [0.15, 0.2) is 5.69 Å². The Balaban J connectivity index is 1.56. The van der Waals surface area contributed by atoms with E-state index in [-0.39, 0.29) is 29.7 Å². The minimum Gasteiger partial charge on any atom is -0.351 e. The molecule has 2 amide bonds. The van der Waals surface area contributed by atoms with Crippen molar-refractivity contribution in [3.63, 3.8) is 0 Å². The molecular formula is C22H28N4O2. The van der Waals surface area contributed by atoms with Crippen molar-refractivity contribution in [3.05, 3.63) is 52.8 Å². The molecule has 1 N–H and O–H groups in total. The van der Waals surface area contributed by atoms with Gasteiger partial charge in [0.25, 0.3) is 5.91 Å². The Labute approximate surface area is 165 Å². The Morgan fingerprint density at radius 3 is 2.46 bits per heavy atom. The molecule has 4 rings (SSSR count). The molecule has 1 aromatic carbocycles. The number of aryl methyl sites for hydroxylation is 3. The highest BCUT2D eigenvalue weighted by Gasteiger charge is 2.40. The maximum atomic E-state index is 13.1. The first-order valence-corrected chi connectivity index (χ1v) is 10.2. The molecule has 28 heavy (non-hydrogen) atoms. The third kappa shape index (κ3) is 3.68. The highest BCUT2D eigenvalue weighted by atomic mass is 16.2. The predicted octanol–water partition coefficient (Wildman–Crippen LogP) is 2.65. The van der Waals surface area contributed by atoms with Crippen LogP contribution in [0.1, 0.15) is 53.0 Å². The van der Waals surface area contributed by atoms with E-state index < -0.39 is 0 Å². The van der Waals surface area contributed by atoms with Gasteiger partial charge in [-0.05, 0) is 45.2 Å². The van der Waals surface area contributed by atoms with Crippen LogP contribution in [0.4, 0.5) is 0 Å². The molecule has 2 aromatic rings. The molecule has 6 nitrogen and oxygen atoms in total. The van der Waals surface area contributed by atoms with Crippen LogP contribution in [0.2, 0.25) is 0 Å². The Morgan fingerprint density at radius 1 is 1.14 bits per heavy atom. The van der Waals surface area contributed by atoms with Crippen LogP contribution in [0.3, 0.4) is 0 Å². The van der Waals surface area contributed by atoms with Crippen molar-refractivity contribution >= 4 is 11.8 Å². The summed E-state index contributed by atoms with van der Waals surface area (Å²) in [5, 5.41) is 7.65. The fourth-order valence-corrected chi connectivity index (χ4v) is 4.01. The summed E-state index contributed by atoms with van der Waals surface area (Å²) < 4.78 is 1.84. The van der Waals surface area contributed by atoms with E-state index in [1.54, 1.807) is 0 Å². The summed E-state index contributed by atoms with van der Waals surface area (Å²) in [4.78, 5) is 27.3. The van der Waals surface area contributed by atoms with Gasteiger partial charge in [0.1, 0.15) is 0 Å². The van der Waals surface area contributed by atoms with Crippen LogP contribution in [0, 0.1) is 19.8 Å². The smallest absolute Gasteiger partial charge is 0.274 e. The Hall–Kier alpha value is -2.63. The average Bonchev–Trinajstić information content (AvgIpc) is 3.36. The second-order valence-corrected chi connectivity index (χ2v) is 8.10. The van der Waals surface area contributed by atoms with Gasteiger partial charge in [-0.1, -0.05) is 29.8 Å². The zero-order chi connectivity index (χ0) is 19.8. The average molecular weight is 380 g/mol. The molecule has 148 valence electrons. The topological polar surface area (TPSA) is 67.2 Å². The number of nitrogens with one attached hydrogen (secondary N) is 1. The lowest BCUT2D eigenvalue weighted by Gasteiger charge is -2.20. The van der Waals surface area contributed by atoms with Crippen LogP contribution in [0.15, 0.2) is 30.3 Å². The van der Waals surface area contributed by atoms with Gasteiger partial charge < -0.3 is 10.2 Å². The maximum Gasteiger partial charge on any atom is 0.274 e. The number of hydrogen-bond donors (Lipinski definition) is 1. The largest absolute Gasteiger partial charge is 0.351 e. The van der Waals surface area contributed by atoms with Crippen molar-refractivity contribution in [1.82, 2.24) is 20.0 Å². The summed E-state index contributed by atoms with van der Waals surface area (Å²) in [6, 6.07) is 10.2. The minimum absolute atomic E-state index is 0.0596. The highest BCUT2D eigenvalue weighted by Crippen LogP contribution is 2.32. The summed E-state index contributed by atoms with van der Waals surface area (Å²) in [7, 11) is 0. The number of rotatable bonds is 5. The molecule has 0 radical (unpaired) electrons. The molecule has 2 atom stereocenters.